The van der Waals surface area contributed by atoms with E-state index in [0.717, 1.165) is 68.9 Å². The monoisotopic (exact) mass is 377 g/mol. The number of carbonyl (C=O) groups excluding carboxylic acids is 1. The van der Waals surface area contributed by atoms with Gasteiger partial charge in [-0.2, -0.15) is 0 Å². The number of nitrogens with one attached hydrogen (secondary N) is 1. The molecule has 1 atom stereocenters. The number of halogens is 1. The highest BCUT2D eigenvalue weighted by Gasteiger charge is 2.22. The minimum absolute atomic E-state index is 0.254. The van der Waals surface area contributed by atoms with E-state index in [4.69, 9.17) is 11.6 Å². The predicted octanol–water partition coefficient (Wildman–Crippen LogP) is 4.43. The van der Waals surface area contributed by atoms with E-state index in [1.165, 1.54) is 12.1 Å². The number of piperazine rings is 1. The van der Waals surface area contributed by atoms with Gasteiger partial charge in [0.05, 0.1) is 0 Å². The lowest BCUT2D eigenvalue weighted by atomic mass is 9.87. The van der Waals surface area contributed by atoms with Crippen LogP contribution in [0.1, 0.15) is 46.0 Å². The first kappa shape index (κ1) is 19.5. The van der Waals surface area contributed by atoms with Gasteiger partial charge >= 0.3 is 0 Å². The number of anilines is 2. The third-order valence-electron chi connectivity index (χ3n) is 6.11. The summed E-state index contributed by atoms with van der Waals surface area (Å²) in [5.41, 5.74) is 2.32. The molecule has 26 heavy (non-hydrogen) atoms. The minimum Gasteiger partial charge on any atom is -0.382 e. The molecule has 1 aliphatic carbocycles. The Bertz CT molecular complexity index is 593. The SMILES string of the molecule is CCC(C)N1CCN(c2cc(Cl)cc(NC3CCC(C=O)CC3)c2)CC1. The summed E-state index contributed by atoms with van der Waals surface area (Å²) < 4.78 is 0. The van der Waals surface area contributed by atoms with Gasteiger partial charge in [0.2, 0.25) is 0 Å². The van der Waals surface area contributed by atoms with Crippen molar-refractivity contribution in [3.05, 3.63) is 23.2 Å². The second-order valence-electron chi connectivity index (χ2n) is 7.87. The Morgan fingerprint density at radius 1 is 1.15 bits per heavy atom. The number of hydrogen-bond donors (Lipinski definition) is 1. The first-order valence-corrected chi connectivity index (χ1v) is 10.5. The summed E-state index contributed by atoms with van der Waals surface area (Å²) in [5.74, 6) is 0.254. The Labute approximate surface area is 162 Å². The van der Waals surface area contributed by atoms with E-state index < -0.39 is 0 Å². The normalized spacial score (nSPS) is 25.7. The van der Waals surface area contributed by atoms with Crippen LogP contribution in [0.15, 0.2) is 18.2 Å². The quantitative estimate of drug-likeness (QED) is 0.744. The largest absolute Gasteiger partial charge is 0.382 e. The molecule has 1 aliphatic heterocycles. The third-order valence-corrected chi connectivity index (χ3v) is 6.33. The molecule has 5 heteroatoms. The molecule has 1 unspecified atom stereocenters. The van der Waals surface area contributed by atoms with Crippen molar-refractivity contribution >= 4 is 29.3 Å². The Morgan fingerprint density at radius 2 is 1.85 bits per heavy atom. The molecule has 4 nitrogen and oxygen atoms in total. The fourth-order valence-electron chi connectivity index (χ4n) is 4.15. The highest BCUT2D eigenvalue weighted by atomic mass is 35.5. The summed E-state index contributed by atoms with van der Waals surface area (Å²) in [4.78, 5) is 15.9. The molecule has 0 spiro atoms. The van der Waals surface area contributed by atoms with E-state index >= 15 is 0 Å². The number of nitrogens with zero attached hydrogens (tertiary/aromatic N) is 2. The Kier molecular flexibility index (Phi) is 6.82. The standard InChI is InChI=1S/C21H32ClN3O/c1-3-16(2)24-8-10-25(11-9-24)21-13-18(22)12-20(14-21)23-19-6-4-17(15-26)5-7-19/h12-17,19,23H,3-11H2,1-2H3. The Balaban J connectivity index is 1.60. The van der Waals surface area contributed by atoms with Crippen molar-refractivity contribution < 1.29 is 4.79 Å². The molecular formula is C21H32ClN3O. The highest BCUT2D eigenvalue weighted by molar-refractivity contribution is 6.31. The molecule has 0 radical (unpaired) electrons. The van der Waals surface area contributed by atoms with Crippen molar-refractivity contribution in [2.24, 2.45) is 5.92 Å². The summed E-state index contributed by atoms with van der Waals surface area (Å²) in [6.07, 6.45) is 6.42. The van der Waals surface area contributed by atoms with Gasteiger partial charge in [-0.25, -0.2) is 0 Å². The maximum absolute atomic E-state index is 10.9. The van der Waals surface area contributed by atoms with Crippen LogP contribution in [0, 0.1) is 5.92 Å². The topological polar surface area (TPSA) is 35.6 Å². The van der Waals surface area contributed by atoms with Crippen LogP contribution in [-0.4, -0.2) is 49.4 Å². The molecule has 0 amide bonds. The summed E-state index contributed by atoms with van der Waals surface area (Å²) in [7, 11) is 0. The molecule has 0 aromatic heterocycles. The van der Waals surface area contributed by atoms with Gasteiger partial charge in [-0.05, 0) is 57.2 Å². The van der Waals surface area contributed by atoms with Gasteiger partial charge in [-0.3, -0.25) is 4.90 Å². The second-order valence-corrected chi connectivity index (χ2v) is 8.31. The van der Waals surface area contributed by atoms with Crippen LogP contribution < -0.4 is 10.2 Å². The summed E-state index contributed by atoms with van der Waals surface area (Å²) in [6, 6.07) is 7.44. The zero-order chi connectivity index (χ0) is 18.5. The summed E-state index contributed by atoms with van der Waals surface area (Å²) in [6.45, 7) is 8.90. The van der Waals surface area contributed by atoms with Crippen molar-refractivity contribution in [2.45, 2.75) is 58.0 Å². The first-order chi connectivity index (χ1) is 12.6. The molecule has 1 saturated carbocycles. The van der Waals surface area contributed by atoms with Crippen molar-refractivity contribution in [1.29, 1.82) is 0 Å². The van der Waals surface area contributed by atoms with Crippen molar-refractivity contribution in [3.8, 4) is 0 Å². The van der Waals surface area contributed by atoms with Crippen LogP contribution in [-0.2, 0) is 4.79 Å². The maximum Gasteiger partial charge on any atom is 0.123 e. The Morgan fingerprint density at radius 3 is 2.46 bits per heavy atom. The molecular weight excluding hydrogens is 346 g/mol. The first-order valence-electron chi connectivity index (χ1n) is 10.1. The molecule has 1 heterocycles. The summed E-state index contributed by atoms with van der Waals surface area (Å²) in [5, 5.41) is 4.43. The lowest BCUT2D eigenvalue weighted by Gasteiger charge is -2.39. The van der Waals surface area contributed by atoms with Gasteiger partial charge in [0.15, 0.2) is 0 Å². The van der Waals surface area contributed by atoms with Gasteiger partial charge in [0.1, 0.15) is 6.29 Å². The molecule has 1 saturated heterocycles. The minimum atomic E-state index is 0.254. The van der Waals surface area contributed by atoms with Gasteiger partial charge < -0.3 is 15.0 Å². The van der Waals surface area contributed by atoms with Crippen LogP contribution in [0.2, 0.25) is 5.02 Å². The Hall–Kier alpha value is -1.26. The van der Waals surface area contributed by atoms with Crippen molar-refractivity contribution in [3.63, 3.8) is 0 Å². The molecule has 3 rings (SSSR count). The van der Waals surface area contributed by atoms with E-state index in [1.807, 2.05) is 6.07 Å². The molecule has 1 aromatic rings. The smallest absolute Gasteiger partial charge is 0.123 e. The van der Waals surface area contributed by atoms with Gasteiger partial charge in [0, 0.05) is 60.6 Å². The van der Waals surface area contributed by atoms with Crippen LogP contribution in [0.4, 0.5) is 11.4 Å². The number of benzene rings is 1. The van der Waals surface area contributed by atoms with E-state index in [-0.39, 0.29) is 5.92 Å². The molecule has 0 bridgehead atoms. The van der Waals surface area contributed by atoms with Crippen LogP contribution >= 0.6 is 11.6 Å². The predicted molar refractivity (Wildman–Crippen MR) is 110 cm³/mol. The van der Waals surface area contributed by atoms with Gasteiger partial charge in [-0.1, -0.05) is 18.5 Å². The third kappa shape index (κ3) is 4.92. The number of rotatable bonds is 6. The number of aldehydes is 1. The van der Waals surface area contributed by atoms with E-state index in [2.05, 4.69) is 41.1 Å². The number of carbonyl (C=O) groups is 1. The second kappa shape index (κ2) is 9.09. The lowest BCUT2D eigenvalue weighted by molar-refractivity contribution is -0.111. The molecule has 144 valence electrons. The van der Waals surface area contributed by atoms with Crippen LogP contribution in [0.25, 0.3) is 0 Å². The fraction of sp³-hybridized carbons (Fsp3) is 0.667. The fourth-order valence-corrected chi connectivity index (χ4v) is 4.38. The van der Waals surface area contributed by atoms with Crippen LogP contribution in [0.3, 0.4) is 0 Å². The van der Waals surface area contributed by atoms with Crippen molar-refractivity contribution in [1.82, 2.24) is 4.90 Å². The zero-order valence-electron chi connectivity index (χ0n) is 16.1. The van der Waals surface area contributed by atoms with E-state index in [0.29, 0.717) is 12.1 Å². The zero-order valence-corrected chi connectivity index (χ0v) is 16.8. The molecule has 1 aromatic carbocycles. The maximum atomic E-state index is 10.9. The average Bonchev–Trinajstić information content (AvgIpc) is 2.67. The highest BCUT2D eigenvalue weighted by Crippen LogP contribution is 2.30. The van der Waals surface area contributed by atoms with Gasteiger partial charge in [0.25, 0.3) is 0 Å². The van der Waals surface area contributed by atoms with E-state index in [9.17, 15) is 4.79 Å². The summed E-state index contributed by atoms with van der Waals surface area (Å²) >= 11 is 6.41. The van der Waals surface area contributed by atoms with E-state index in [1.54, 1.807) is 0 Å². The van der Waals surface area contributed by atoms with Crippen LogP contribution in [0.5, 0.6) is 0 Å². The molecule has 2 aliphatic rings. The lowest BCUT2D eigenvalue weighted by Crippen LogP contribution is -2.49. The van der Waals surface area contributed by atoms with Gasteiger partial charge in [-0.15, -0.1) is 0 Å². The number of hydrogen-bond acceptors (Lipinski definition) is 4. The molecule has 2 fully saturated rings. The average molecular weight is 378 g/mol. The molecule has 1 N–H and O–H groups in total. The van der Waals surface area contributed by atoms with Crippen molar-refractivity contribution in [2.75, 3.05) is 36.4 Å².